The summed E-state index contributed by atoms with van der Waals surface area (Å²) >= 11 is 7.51. The van der Waals surface area contributed by atoms with Gasteiger partial charge in [-0.3, -0.25) is 9.59 Å². The second-order valence-corrected chi connectivity index (χ2v) is 7.29. The summed E-state index contributed by atoms with van der Waals surface area (Å²) in [7, 11) is 1.31. The van der Waals surface area contributed by atoms with Gasteiger partial charge in [0.15, 0.2) is 0 Å². The topological polar surface area (TPSA) is 59.5 Å². The van der Waals surface area contributed by atoms with Crippen LogP contribution in [0.5, 0.6) is 0 Å². The maximum Gasteiger partial charge on any atom is 0.325 e. The first-order valence-corrected chi connectivity index (χ1v) is 9.18. The molecule has 0 aliphatic heterocycles. The zero-order valence-electron chi connectivity index (χ0n) is 14.5. The fourth-order valence-electron chi connectivity index (χ4n) is 2.35. The SMILES string of the molecule is COC(=O)CN(C(=O)Cc1csc(Cc2cccc(Cl)c2)n1)C(C)C. The molecule has 0 fully saturated rings. The molecule has 0 N–H and O–H groups in total. The van der Waals surface area contributed by atoms with Crippen molar-refractivity contribution in [3.05, 3.63) is 50.9 Å². The van der Waals surface area contributed by atoms with Crippen molar-refractivity contribution < 1.29 is 14.3 Å². The fourth-order valence-corrected chi connectivity index (χ4v) is 3.39. The molecule has 7 heteroatoms. The zero-order valence-corrected chi connectivity index (χ0v) is 16.1. The lowest BCUT2D eigenvalue weighted by molar-refractivity contribution is -0.148. The number of hydrogen-bond donors (Lipinski definition) is 0. The van der Waals surface area contributed by atoms with Crippen molar-refractivity contribution in [2.45, 2.75) is 32.7 Å². The largest absolute Gasteiger partial charge is 0.468 e. The van der Waals surface area contributed by atoms with E-state index in [9.17, 15) is 9.59 Å². The minimum absolute atomic E-state index is 0.0491. The number of rotatable bonds is 7. The van der Waals surface area contributed by atoms with Gasteiger partial charge >= 0.3 is 5.97 Å². The third-order valence-electron chi connectivity index (χ3n) is 3.65. The van der Waals surface area contributed by atoms with Crippen LogP contribution in [-0.2, 0) is 27.2 Å². The molecule has 0 saturated heterocycles. The third-order valence-corrected chi connectivity index (χ3v) is 4.78. The molecule has 25 heavy (non-hydrogen) atoms. The smallest absolute Gasteiger partial charge is 0.325 e. The van der Waals surface area contributed by atoms with Crippen LogP contribution >= 0.6 is 22.9 Å². The quantitative estimate of drug-likeness (QED) is 0.691. The van der Waals surface area contributed by atoms with Crippen LogP contribution in [0.3, 0.4) is 0 Å². The van der Waals surface area contributed by atoms with Crippen LogP contribution in [0.15, 0.2) is 29.6 Å². The van der Waals surface area contributed by atoms with E-state index in [-0.39, 0.29) is 24.9 Å². The first-order valence-electron chi connectivity index (χ1n) is 7.93. The van der Waals surface area contributed by atoms with Crippen molar-refractivity contribution in [3.8, 4) is 0 Å². The normalized spacial score (nSPS) is 10.8. The van der Waals surface area contributed by atoms with Crippen LogP contribution in [-0.4, -0.2) is 41.5 Å². The molecule has 0 aliphatic carbocycles. The van der Waals surface area contributed by atoms with Crippen LogP contribution in [0.1, 0.15) is 30.1 Å². The zero-order chi connectivity index (χ0) is 18.4. The van der Waals surface area contributed by atoms with Gasteiger partial charge in [-0.15, -0.1) is 11.3 Å². The summed E-state index contributed by atoms with van der Waals surface area (Å²) in [6.45, 7) is 3.69. The summed E-state index contributed by atoms with van der Waals surface area (Å²) in [5.41, 5.74) is 1.79. The van der Waals surface area contributed by atoms with Crippen LogP contribution in [0.25, 0.3) is 0 Å². The number of aromatic nitrogens is 1. The first kappa shape index (κ1) is 19.4. The first-order chi connectivity index (χ1) is 11.9. The molecular formula is C18H21ClN2O3S. The maximum atomic E-state index is 12.5. The molecule has 1 amide bonds. The summed E-state index contributed by atoms with van der Waals surface area (Å²) in [4.78, 5) is 30.0. The number of ether oxygens (including phenoxy) is 1. The molecule has 5 nitrogen and oxygen atoms in total. The Labute approximate surface area is 156 Å². The average molecular weight is 381 g/mol. The molecule has 1 aromatic heterocycles. The number of methoxy groups -OCH3 is 1. The van der Waals surface area contributed by atoms with Gasteiger partial charge in [-0.2, -0.15) is 0 Å². The minimum Gasteiger partial charge on any atom is -0.468 e. The third kappa shape index (κ3) is 5.83. The van der Waals surface area contributed by atoms with E-state index in [4.69, 9.17) is 11.6 Å². The predicted molar refractivity (Wildman–Crippen MR) is 98.9 cm³/mol. The predicted octanol–water partition coefficient (Wildman–Crippen LogP) is 3.34. The number of amides is 1. The van der Waals surface area contributed by atoms with Crippen LogP contribution < -0.4 is 0 Å². The van der Waals surface area contributed by atoms with E-state index in [2.05, 4.69) is 9.72 Å². The number of carbonyl (C=O) groups excluding carboxylic acids is 2. The lowest BCUT2D eigenvalue weighted by atomic mass is 10.2. The second kappa shape index (κ2) is 8.97. The highest BCUT2D eigenvalue weighted by molar-refractivity contribution is 7.09. The summed E-state index contributed by atoms with van der Waals surface area (Å²) in [5, 5.41) is 3.50. The van der Waals surface area contributed by atoms with Crippen LogP contribution in [0, 0.1) is 0 Å². The van der Waals surface area contributed by atoms with Crippen molar-refractivity contribution in [2.75, 3.05) is 13.7 Å². The van der Waals surface area contributed by atoms with Crippen molar-refractivity contribution in [2.24, 2.45) is 0 Å². The van der Waals surface area contributed by atoms with E-state index in [0.717, 1.165) is 10.6 Å². The van der Waals surface area contributed by atoms with Crippen molar-refractivity contribution in [1.82, 2.24) is 9.88 Å². The van der Waals surface area contributed by atoms with E-state index in [0.29, 0.717) is 17.1 Å². The van der Waals surface area contributed by atoms with Crippen molar-refractivity contribution >= 4 is 34.8 Å². The molecule has 0 unspecified atom stereocenters. The van der Waals surface area contributed by atoms with E-state index in [1.54, 1.807) is 0 Å². The Morgan fingerprint density at radius 1 is 1.36 bits per heavy atom. The second-order valence-electron chi connectivity index (χ2n) is 5.91. The highest BCUT2D eigenvalue weighted by Gasteiger charge is 2.21. The summed E-state index contributed by atoms with van der Waals surface area (Å²) in [5.74, 6) is -0.568. The molecule has 0 spiro atoms. The molecule has 2 aromatic rings. The standard InChI is InChI=1S/C18H21ClN2O3S/c1-12(2)21(10-18(23)24-3)17(22)9-15-11-25-16(20-15)8-13-5-4-6-14(19)7-13/h4-7,11-12H,8-10H2,1-3H3. The number of hydrogen-bond acceptors (Lipinski definition) is 5. The van der Waals surface area contributed by atoms with Gasteiger partial charge in [0.05, 0.1) is 24.2 Å². The lowest BCUT2D eigenvalue weighted by Gasteiger charge is -2.25. The van der Waals surface area contributed by atoms with Gasteiger partial charge in [-0.05, 0) is 31.5 Å². The molecular weight excluding hydrogens is 360 g/mol. The summed E-state index contributed by atoms with van der Waals surface area (Å²) < 4.78 is 4.65. The molecule has 0 radical (unpaired) electrons. The van der Waals surface area contributed by atoms with Gasteiger partial charge < -0.3 is 9.64 Å². The Balaban J connectivity index is 2.01. The van der Waals surface area contributed by atoms with E-state index >= 15 is 0 Å². The highest BCUT2D eigenvalue weighted by atomic mass is 35.5. The Kier molecular flexibility index (Phi) is 6.96. The van der Waals surface area contributed by atoms with E-state index < -0.39 is 5.97 Å². The minimum atomic E-state index is -0.429. The molecule has 1 heterocycles. The van der Waals surface area contributed by atoms with Crippen molar-refractivity contribution in [3.63, 3.8) is 0 Å². The van der Waals surface area contributed by atoms with Gasteiger partial charge in [0.2, 0.25) is 5.91 Å². The lowest BCUT2D eigenvalue weighted by Crippen LogP contribution is -2.41. The van der Waals surface area contributed by atoms with Gasteiger partial charge in [-0.1, -0.05) is 23.7 Å². The molecule has 0 bridgehead atoms. The fraction of sp³-hybridized carbons (Fsp3) is 0.389. The Bertz CT molecular complexity index is 745. The number of benzene rings is 1. The highest BCUT2D eigenvalue weighted by Crippen LogP contribution is 2.18. The average Bonchev–Trinajstić information content (AvgIpc) is 2.98. The molecule has 0 atom stereocenters. The molecule has 0 saturated carbocycles. The molecule has 2 rings (SSSR count). The monoisotopic (exact) mass is 380 g/mol. The van der Waals surface area contributed by atoms with Crippen molar-refractivity contribution in [1.29, 1.82) is 0 Å². The van der Waals surface area contributed by atoms with Gasteiger partial charge in [-0.25, -0.2) is 4.98 Å². The number of nitrogens with zero attached hydrogens (tertiary/aromatic N) is 2. The Hall–Kier alpha value is -1.92. The molecule has 1 aromatic carbocycles. The maximum absolute atomic E-state index is 12.5. The number of esters is 1. The summed E-state index contributed by atoms with van der Waals surface area (Å²) in [6.07, 6.45) is 0.844. The van der Waals surface area contributed by atoms with Gasteiger partial charge in [0, 0.05) is 22.9 Å². The van der Waals surface area contributed by atoms with E-state index in [1.807, 2.05) is 43.5 Å². The number of halogens is 1. The number of carbonyl (C=O) groups is 2. The van der Waals surface area contributed by atoms with Gasteiger partial charge in [0.25, 0.3) is 0 Å². The van der Waals surface area contributed by atoms with Gasteiger partial charge in [0.1, 0.15) is 6.54 Å². The van der Waals surface area contributed by atoms with Crippen LogP contribution in [0.4, 0.5) is 0 Å². The van der Waals surface area contributed by atoms with E-state index in [1.165, 1.54) is 23.3 Å². The number of thiazole rings is 1. The Morgan fingerprint density at radius 3 is 2.76 bits per heavy atom. The summed E-state index contributed by atoms with van der Waals surface area (Å²) in [6, 6.07) is 7.55. The van der Waals surface area contributed by atoms with Crippen LogP contribution in [0.2, 0.25) is 5.02 Å². The molecule has 134 valence electrons. The Morgan fingerprint density at radius 2 is 2.12 bits per heavy atom. The molecule has 0 aliphatic rings.